The normalized spacial score (nSPS) is 17.4. The van der Waals surface area contributed by atoms with E-state index in [-0.39, 0.29) is 24.3 Å². The van der Waals surface area contributed by atoms with Crippen molar-refractivity contribution in [3.05, 3.63) is 66.5 Å². The van der Waals surface area contributed by atoms with Crippen molar-refractivity contribution in [1.82, 2.24) is 24.3 Å². The van der Waals surface area contributed by atoms with Gasteiger partial charge < -0.3 is 29.5 Å². The van der Waals surface area contributed by atoms with Gasteiger partial charge in [0, 0.05) is 88.1 Å². The van der Waals surface area contributed by atoms with E-state index in [2.05, 4.69) is 29.7 Å². The summed E-state index contributed by atoms with van der Waals surface area (Å²) in [5.41, 5.74) is 4.18. The zero-order chi connectivity index (χ0) is 33.9. The van der Waals surface area contributed by atoms with E-state index in [1.54, 1.807) is 30.1 Å². The van der Waals surface area contributed by atoms with Gasteiger partial charge in [0.05, 0.1) is 0 Å². The van der Waals surface area contributed by atoms with Crippen LogP contribution in [0.3, 0.4) is 0 Å². The van der Waals surface area contributed by atoms with E-state index in [1.807, 2.05) is 54.6 Å². The molecule has 13 heteroatoms. The van der Waals surface area contributed by atoms with Crippen molar-refractivity contribution in [2.24, 2.45) is 4.99 Å². The largest absolute Gasteiger partial charge is 0.862 e. The first-order chi connectivity index (χ1) is 23.8. The maximum Gasteiger partial charge on any atom is 0.347 e. The highest BCUT2D eigenvalue weighted by Gasteiger charge is 2.27. The SMILES string of the molecule is CN(C)C(=O)c1cc2cnc(Nc3ccc(OCCN4CCN(c5ccc(N6CCC([O-])=NC6=O)cc5)CC4)cc3)nc2n1C1CCCC1. The summed E-state index contributed by atoms with van der Waals surface area (Å²) < 4.78 is 8.19. The number of ether oxygens (including phenoxy) is 1. The fourth-order valence-corrected chi connectivity index (χ4v) is 6.89. The molecule has 7 rings (SSSR count). The fourth-order valence-electron chi connectivity index (χ4n) is 6.89. The molecule has 13 nitrogen and oxygen atoms in total. The lowest BCUT2D eigenvalue weighted by Crippen LogP contribution is -2.47. The molecule has 1 saturated heterocycles. The number of nitrogens with zero attached hydrogens (tertiary/aromatic N) is 8. The summed E-state index contributed by atoms with van der Waals surface area (Å²) in [6.07, 6.45) is 6.45. The van der Waals surface area contributed by atoms with Gasteiger partial charge in [0.15, 0.2) is 0 Å². The number of rotatable bonds is 10. The third-order valence-corrected chi connectivity index (χ3v) is 9.58. The predicted molar refractivity (Wildman–Crippen MR) is 188 cm³/mol. The molecule has 0 spiro atoms. The van der Waals surface area contributed by atoms with Crippen molar-refractivity contribution in [3.63, 3.8) is 0 Å². The summed E-state index contributed by atoms with van der Waals surface area (Å²) in [6, 6.07) is 17.4. The van der Waals surface area contributed by atoms with Crippen LogP contribution >= 0.6 is 0 Å². The van der Waals surface area contributed by atoms with Gasteiger partial charge in [-0.25, -0.2) is 14.8 Å². The Bertz CT molecular complexity index is 1820. The molecule has 1 N–H and O–H groups in total. The highest BCUT2D eigenvalue weighted by molar-refractivity contribution is 6.01. The maximum absolute atomic E-state index is 13.0. The number of aromatic nitrogens is 3. The van der Waals surface area contributed by atoms with E-state index >= 15 is 0 Å². The number of carbonyl (C=O) groups is 2. The van der Waals surface area contributed by atoms with Gasteiger partial charge in [-0.05, 0) is 79.8 Å². The van der Waals surface area contributed by atoms with Gasteiger partial charge in [-0.1, -0.05) is 12.8 Å². The molecule has 2 fully saturated rings. The van der Waals surface area contributed by atoms with Crippen LogP contribution in [0.1, 0.15) is 48.6 Å². The minimum absolute atomic E-state index is 0.0225. The Kier molecular flexibility index (Phi) is 9.34. The summed E-state index contributed by atoms with van der Waals surface area (Å²) in [7, 11) is 3.56. The first kappa shape index (κ1) is 32.4. The zero-order valence-corrected chi connectivity index (χ0v) is 28.0. The van der Waals surface area contributed by atoms with Crippen molar-refractivity contribution < 1.29 is 19.4 Å². The fraction of sp³-hybridized carbons (Fsp3) is 0.417. The third-order valence-electron chi connectivity index (χ3n) is 9.58. The zero-order valence-electron chi connectivity index (χ0n) is 28.0. The van der Waals surface area contributed by atoms with Crippen LogP contribution in [0.2, 0.25) is 0 Å². The molecule has 1 saturated carbocycles. The number of fused-ring (bicyclic) bond motifs is 1. The second kappa shape index (κ2) is 14.1. The first-order valence-corrected chi connectivity index (χ1v) is 17.1. The van der Waals surface area contributed by atoms with Crippen molar-refractivity contribution in [2.75, 3.05) is 75.1 Å². The van der Waals surface area contributed by atoms with Gasteiger partial charge in [-0.3, -0.25) is 14.6 Å². The number of benzene rings is 2. The van der Waals surface area contributed by atoms with Crippen LogP contribution in [0.4, 0.5) is 27.8 Å². The minimum atomic E-state index is -0.490. The molecule has 2 aromatic carbocycles. The molecule has 0 atom stereocenters. The van der Waals surface area contributed by atoms with Gasteiger partial charge >= 0.3 is 6.03 Å². The van der Waals surface area contributed by atoms with Crippen molar-refractivity contribution in [3.8, 4) is 5.75 Å². The van der Waals surface area contributed by atoms with Crippen molar-refractivity contribution >= 4 is 51.9 Å². The Labute approximate surface area is 285 Å². The molecule has 49 heavy (non-hydrogen) atoms. The molecule has 256 valence electrons. The second-order valence-electron chi connectivity index (χ2n) is 13.0. The molecular weight excluding hydrogens is 622 g/mol. The monoisotopic (exact) mass is 664 g/mol. The summed E-state index contributed by atoms with van der Waals surface area (Å²) in [4.78, 5) is 46.0. The molecule has 4 aromatic rings. The third kappa shape index (κ3) is 7.16. The Balaban J connectivity index is 0.893. The molecule has 0 unspecified atom stereocenters. The lowest BCUT2D eigenvalue weighted by molar-refractivity contribution is -0.218. The maximum atomic E-state index is 13.0. The first-order valence-electron chi connectivity index (χ1n) is 17.1. The van der Waals surface area contributed by atoms with Crippen LogP contribution in [0.25, 0.3) is 11.0 Å². The Morgan fingerprint density at radius 2 is 1.69 bits per heavy atom. The molecule has 0 bridgehead atoms. The number of anilines is 4. The van der Waals surface area contributed by atoms with Gasteiger partial charge in [0.1, 0.15) is 23.7 Å². The molecule has 2 aromatic heterocycles. The average Bonchev–Trinajstić information content (AvgIpc) is 3.77. The van der Waals surface area contributed by atoms with Crippen LogP contribution in [-0.4, -0.2) is 102 Å². The van der Waals surface area contributed by atoms with E-state index in [0.29, 0.717) is 24.8 Å². The predicted octanol–water partition coefficient (Wildman–Crippen LogP) is 4.28. The lowest BCUT2D eigenvalue weighted by atomic mass is 10.2. The number of amides is 3. The van der Waals surface area contributed by atoms with Crippen molar-refractivity contribution in [2.45, 2.75) is 38.1 Å². The quantitative estimate of drug-likeness (QED) is 0.264. The van der Waals surface area contributed by atoms with E-state index in [0.717, 1.165) is 92.3 Å². The summed E-state index contributed by atoms with van der Waals surface area (Å²) in [6.45, 7) is 5.45. The lowest BCUT2D eigenvalue weighted by Gasteiger charge is -2.36. The molecule has 1 aliphatic carbocycles. The Morgan fingerprint density at radius 1 is 0.980 bits per heavy atom. The van der Waals surface area contributed by atoms with E-state index in [1.165, 1.54) is 0 Å². The molecular formula is C36H42N9O4-. The number of carbonyl (C=O) groups excluding carboxylic acids is 2. The van der Waals surface area contributed by atoms with E-state index < -0.39 is 6.03 Å². The average molecular weight is 665 g/mol. The van der Waals surface area contributed by atoms with Gasteiger partial charge in [-0.2, -0.15) is 4.98 Å². The number of hydrogen-bond donors (Lipinski definition) is 1. The van der Waals surface area contributed by atoms with Crippen LogP contribution < -0.4 is 25.0 Å². The van der Waals surface area contributed by atoms with Gasteiger partial charge in [0.2, 0.25) is 5.95 Å². The topological polar surface area (TPSA) is 134 Å². The smallest absolute Gasteiger partial charge is 0.347 e. The number of piperazine rings is 1. The summed E-state index contributed by atoms with van der Waals surface area (Å²) in [5, 5.41) is 15.6. The van der Waals surface area contributed by atoms with Crippen LogP contribution in [-0.2, 0) is 0 Å². The minimum Gasteiger partial charge on any atom is -0.862 e. The molecule has 3 aliphatic rings. The summed E-state index contributed by atoms with van der Waals surface area (Å²) in [5.74, 6) is 0.911. The molecule has 3 amide bonds. The second-order valence-corrected chi connectivity index (χ2v) is 13.0. The Morgan fingerprint density at radius 3 is 2.39 bits per heavy atom. The van der Waals surface area contributed by atoms with Gasteiger partial charge in [0.25, 0.3) is 5.91 Å². The van der Waals surface area contributed by atoms with Crippen LogP contribution in [0.15, 0.2) is 65.8 Å². The standard InChI is InChI=1S/C36H43N9O4/c1-41(2)34(47)31-23-25-24-37-35(40-33(25)45(31)29-5-3-4-6-29)38-26-7-13-30(14-8-26)49-22-21-42-17-19-43(20-18-42)27-9-11-28(12-10-27)44-16-15-32(46)39-36(44)48/h7-14,23-24,29H,3-6,15-22H2,1-2H3,(H,37,38,40)(H,39,46,48)/p-1. The number of hydrogen-bond acceptors (Lipinski definition) is 9. The highest BCUT2D eigenvalue weighted by Crippen LogP contribution is 2.35. The van der Waals surface area contributed by atoms with Crippen LogP contribution in [0, 0.1) is 0 Å². The molecule has 0 radical (unpaired) electrons. The van der Waals surface area contributed by atoms with Crippen molar-refractivity contribution in [1.29, 1.82) is 0 Å². The van der Waals surface area contributed by atoms with E-state index in [4.69, 9.17) is 9.72 Å². The number of urea groups is 1. The van der Waals surface area contributed by atoms with Gasteiger partial charge in [-0.15, -0.1) is 0 Å². The molecule has 2 aliphatic heterocycles. The molecule has 4 heterocycles. The number of nitrogens with one attached hydrogen (secondary N) is 1. The van der Waals surface area contributed by atoms with E-state index in [9.17, 15) is 14.7 Å². The highest BCUT2D eigenvalue weighted by atomic mass is 16.5. The summed E-state index contributed by atoms with van der Waals surface area (Å²) >= 11 is 0. The Hall–Kier alpha value is -5.17. The number of aliphatic imine (C=N–C) groups is 1. The van der Waals surface area contributed by atoms with Crippen LogP contribution in [0.5, 0.6) is 5.75 Å².